The summed E-state index contributed by atoms with van der Waals surface area (Å²) in [6, 6.07) is 14.4. The second kappa shape index (κ2) is 6.13. The number of aliphatic hydroxyl groups is 1. The first-order valence-electron chi connectivity index (χ1n) is 6.23. The van der Waals surface area contributed by atoms with Gasteiger partial charge in [-0.25, -0.2) is 0 Å². The smallest absolute Gasteiger partial charge is 0.0842 e. The van der Waals surface area contributed by atoms with E-state index in [1.54, 1.807) is 11.3 Å². The van der Waals surface area contributed by atoms with Crippen LogP contribution in [0.25, 0.3) is 10.1 Å². The first kappa shape index (κ1) is 14.5. The Morgan fingerprint density at radius 3 is 2.85 bits per heavy atom. The lowest BCUT2D eigenvalue weighted by Crippen LogP contribution is -2.02. The molecule has 1 heterocycles. The zero-order valence-corrected chi connectivity index (χ0v) is 15.1. The van der Waals surface area contributed by atoms with Crippen molar-refractivity contribution in [3.05, 3.63) is 67.0 Å². The molecule has 1 unspecified atom stereocenters. The van der Waals surface area contributed by atoms with Gasteiger partial charge in [-0.15, -0.1) is 11.3 Å². The van der Waals surface area contributed by atoms with Gasteiger partial charge in [-0.05, 0) is 68.7 Å². The number of aliphatic hydroxyl groups excluding tert-OH is 1. The molecule has 1 atom stereocenters. The predicted molar refractivity (Wildman–Crippen MR) is 97.3 cm³/mol. The molecule has 0 saturated heterocycles. The molecule has 0 aliphatic carbocycles. The minimum Gasteiger partial charge on any atom is -0.388 e. The van der Waals surface area contributed by atoms with Crippen molar-refractivity contribution in [2.75, 3.05) is 0 Å². The van der Waals surface area contributed by atoms with Gasteiger partial charge in [-0.1, -0.05) is 34.1 Å². The topological polar surface area (TPSA) is 20.2 Å². The molecule has 1 N–H and O–H groups in total. The second-order valence-corrected chi connectivity index (χ2v) is 7.65. The van der Waals surface area contributed by atoms with Gasteiger partial charge in [-0.3, -0.25) is 0 Å². The highest BCUT2D eigenvalue weighted by Crippen LogP contribution is 2.32. The number of hydrogen-bond donors (Lipinski definition) is 1. The third kappa shape index (κ3) is 2.93. The van der Waals surface area contributed by atoms with E-state index >= 15 is 0 Å². The third-order valence-corrected chi connectivity index (χ3v) is 5.70. The number of benzene rings is 2. The lowest BCUT2D eigenvalue weighted by Gasteiger charge is -2.13. The SMILES string of the molecule is OC(Cc1csc2ccccc12)c1cc(I)ccc1Br. The van der Waals surface area contributed by atoms with E-state index in [-0.39, 0.29) is 0 Å². The normalized spacial score (nSPS) is 12.8. The lowest BCUT2D eigenvalue weighted by molar-refractivity contribution is 0.178. The number of fused-ring (bicyclic) bond motifs is 1. The third-order valence-electron chi connectivity index (χ3n) is 3.29. The summed E-state index contributed by atoms with van der Waals surface area (Å²) in [5.41, 5.74) is 2.16. The molecule has 4 heteroatoms. The van der Waals surface area contributed by atoms with Gasteiger partial charge in [0.1, 0.15) is 0 Å². The van der Waals surface area contributed by atoms with Crippen molar-refractivity contribution < 1.29 is 5.11 Å². The monoisotopic (exact) mass is 458 g/mol. The molecule has 0 amide bonds. The van der Waals surface area contributed by atoms with Crippen molar-refractivity contribution in [1.82, 2.24) is 0 Å². The van der Waals surface area contributed by atoms with Gasteiger partial charge in [0, 0.05) is 19.2 Å². The van der Waals surface area contributed by atoms with Gasteiger partial charge in [-0.2, -0.15) is 0 Å². The van der Waals surface area contributed by atoms with Gasteiger partial charge in [0.2, 0.25) is 0 Å². The molecular weight excluding hydrogens is 447 g/mol. The van der Waals surface area contributed by atoms with Crippen LogP contribution in [0.1, 0.15) is 17.2 Å². The van der Waals surface area contributed by atoms with Gasteiger partial charge < -0.3 is 5.11 Å². The standard InChI is InChI=1S/C16H12BrIOS/c17-14-6-5-11(18)8-13(14)15(19)7-10-9-20-16-4-2-1-3-12(10)16/h1-6,8-9,15,19H,7H2. The van der Waals surface area contributed by atoms with E-state index in [4.69, 9.17) is 0 Å². The highest BCUT2D eigenvalue weighted by atomic mass is 127. The summed E-state index contributed by atoms with van der Waals surface area (Å²) < 4.78 is 3.37. The fourth-order valence-corrected chi connectivity index (χ4v) is 4.28. The predicted octanol–water partition coefficient (Wildman–Crippen LogP) is 5.54. The van der Waals surface area contributed by atoms with Crippen LogP contribution in [0, 0.1) is 3.57 Å². The summed E-state index contributed by atoms with van der Waals surface area (Å²) in [5, 5.41) is 13.9. The van der Waals surface area contributed by atoms with Crippen LogP contribution in [0.5, 0.6) is 0 Å². The molecule has 0 bridgehead atoms. The van der Waals surface area contributed by atoms with Gasteiger partial charge in [0.15, 0.2) is 0 Å². The number of thiophene rings is 1. The minimum absolute atomic E-state index is 0.489. The summed E-state index contributed by atoms with van der Waals surface area (Å²) in [7, 11) is 0. The Kier molecular flexibility index (Phi) is 4.45. The molecule has 0 saturated carbocycles. The van der Waals surface area contributed by atoms with Gasteiger partial charge in [0.25, 0.3) is 0 Å². The average molecular weight is 459 g/mol. The average Bonchev–Trinajstić information content (AvgIpc) is 2.85. The summed E-state index contributed by atoms with van der Waals surface area (Å²) in [6.07, 6.45) is 0.153. The Hall–Kier alpha value is -0.430. The van der Waals surface area contributed by atoms with Gasteiger partial charge >= 0.3 is 0 Å². The Morgan fingerprint density at radius 1 is 1.20 bits per heavy atom. The van der Waals surface area contributed by atoms with E-state index in [0.717, 1.165) is 13.6 Å². The Bertz CT molecular complexity index is 753. The molecule has 0 aliphatic heterocycles. The fourth-order valence-electron chi connectivity index (χ4n) is 2.28. The van der Waals surface area contributed by atoms with Crippen molar-refractivity contribution in [2.45, 2.75) is 12.5 Å². The Morgan fingerprint density at radius 2 is 2.00 bits per heavy atom. The Balaban J connectivity index is 1.92. The van der Waals surface area contributed by atoms with Crippen LogP contribution in [0.15, 0.2) is 52.3 Å². The molecular formula is C16H12BrIOS. The van der Waals surface area contributed by atoms with Crippen LogP contribution < -0.4 is 0 Å². The van der Waals surface area contributed by atoms with Crippen molar-refractivity contribution in [1.29, 1.82) is 0 Å². The maximum absolute atomic E-state index is 10.5. The number of rotatable bonds is 3. The maximum atomic E-state index is 10.5. The molecule has 0 radical (unpaired) electrons. The zero-order valence-electron chi connectivity index (χ0n) is 10.5. The van der Waals surface area contributed by atoms with Gasteiger partial charge in [0.05, 0.1) is 6.10 Å². The van der Waals surface area contributed by atoms with Crippen LogP contribution in [-0.2, 0) is 6.42 Å². The molecule has 0 spiro atoms. The molecule has 0 fully saturated rings. The van der Waals surface area contributed by atoms with E-state index in [9.17, 15) is 5.11 Å². The molecule has 1 nitrogen and oxygen atoms in total. The zero-order chi connectivity index (χ0) is 14.1. The summed E-state index contributed by atoms with van der Waals surface area (Å²) in [4.78, 5) is 0. The van der Waals surface area contributed by atoms with E-state index in [1.807, 2.05) is 24.3 Å². The second-order valence-electron chi connectivity index (χ2n) is 4.64. The lowest BCUT2D eigenvalue weighted by atomic mass is 10.0. The van der Waals surface area contributed by atoms with E-state index < -0.39 is 6.10 Å². The number of halogens is 2. The van der Waals surface area contributed by atoms with Crippen LogP contribution in [-0.4, -0.2) is 5.11 Å². The quantitative estimate of drug-likeness (QED) is 0.510. The van der Waals surface area contributed by atoms with Crippen molar-refractivity contribution in [3.8, 4) is 0 Å². The van der Waals surface area contributed by atoms with Crippen LogP contribution in [0.2, 0.25) is 0 Å². The summed E-state index contributed by atoms with van der Waals surface area (Å²) >= 11 is 7.53. The Labute approximate surface area is 143 Å². The van der Waals surface area contributed by atoms with E-state index in [0.29, 0.717) is 6.42 Å². The molecule has 3 rings (SSSR count). The molecule has 20 heavy (non-hydrogen) atoms. The van der Waals surface area contributed by atoms with Crippen molar-refractivity contribution >= 4 is 59.9 Å². The first-order valence-corrected chi connectivity index (χ1v) is 8.98. The fraction of sp³-hybridized carbons (Fsp3) is 0.125. The van der Waals surface area contributed by atoms with Crippen LogP contribution >= 0.6 is 49.9 Å². The van der Waals surface area contributed by atoms with E-state index in [1.165, 1.54) is 15.6 Å². The number of hydrogen-bond acceptors (Lipinski definition) is 2. The minimum atomic E-state index is -0.489. The summed E-state index contributed by atoms with van der Waals surface area (Å²) in [5.74, 6) is 0. The van der Waals surface area contributed by atoms with Crippen LogP contribution in [0.3, 0.4) is 0 Å². The largest absolute Gasteiger partial charge is 0.388 e. The van der Waals surface area contributed by atoms with Crippen molar-refractivity contribution in [2.24, 2.45) is 0 Å². The van der Waals surface area contributed by atoms with Crippen LogP contribution in [0.4, 0.5) is 0 Å². The van der Waals surface area contributed by atoms with E-state index in [2.05, 4.69) is 62.1 Å². The molecule has 102 valence electrons. The molecule has 0 aliphatic rings. The first-order chi connectivity index (χ1) is 9.65. The summed E-state index contributed by atoms with van der Waals surface area (Å²) in [6.45, 7) is 0. The molecule has 1 aromatic heterocycles. The molecule has 3 aromatic rings. The van der Waals surface area contributed by atoms with Crippen molar-refractivity contribution in [3.63, 3.8) is 0 Å². The maximum Gasteiger partial charge on any atom is 0.0842 e. The molecule has 2 aromatic carbocycles. The highest BCUT2D eigenvalue weighted by Gasteiger charge is 2.14. The highest BCUT2D eigenvalue weighted by molar-refractivity contribution is 14.1.